The molecule has 5 nitrogen and oxygen atoms in total. The van der Waals surface area contributed by atoms with Crippen LogP contribution in [-0.2, 0) is 13.0 Å². The van der Waals surface area contributed by atoms with Crippen LogP contribution >= 0.6 is 0 Å². The van der Waals surface area contributed by atoms with Crippen molar-refractivity contribution in [2.75, 3.05) is 13.1 Å². The average Bonchev–Trinajstić information content (AvgIpc) is 3.05. The monoisotopic (exact) mass is 364 g/mol. The third-order valence-electron chi connectivity index (χ3n) is 7.15. The fourth-order valence-corrected chi connectivity index (χ4v) is 5.04. The van der Waals surface area contributed by atoms with E-state index in [-0.39, 0.29) is 6.03 Å². The lowest BCUT2D eigenvalue weighted by atomic mass is 9.55. The van der Waals surface area contributed by atoms with E-state index in [1.807, 2.05) is 29.4 Å². The van der Waals surface area contributed by atoms with Crippen LogP contribution in [0.5, 0.6) is 0 Å². The number of imidazole rings is 1. The molecule has 2 aliphatic carbocycles. The van der Waals surface area contributed by atoms with Gasteiger partial charge in [-0.3, -0.25) is 0 Å². The molecule has 2 fully saturated rings. The number of amides is 2. The van der Waals surface area contributed by atoms with E-state index in [1.165, 1.54) is 44.2 Å². The molecule has 0 atom stereocenters. The summed E-state index contributed by atoms with van der Waals surface area (Å²) in [6.07, 6.45) is 10.8. The first-order chi connectivity index (χ1) is 13.3. The first-order valence-corrected chi connectivity index (χ1v) is 10.4. The molecule has 1 N–H and O–H groups in total. The number of para-hydroxylation sites is 1. The summed E-state index contributed by atoms with van der Waals surface area (Å²) >= 11 is 0. The Morgan fingerprint density at radius 1 is 1.19 bits per heavy atom. The van der Waals surface area contributed by atoms with Crippen molar-refractivity contribution in [2.45, 2.75) is 51.5 Å². The van der Waals surface area contributed by atoms with Gasteiger partial charge in [0, 0.05) is 30.9 Å². The molecule has 1 aromatic heterocycles. The number of rotatable bonds is 4. The number of benzene rings is 1. The molecule has 1 aromatic carbocycles. The molecule has 0 saturated heterocycles. The van der Waals surface area contributed by atoms with Crippen LogP contribution in [0.4, 0.5) is 4.79 Å². The summed E-state index contributed by atoms with van der Waals surface area (Å²) in [7, 11) is 0. The Morgan fingerprint density at radius 3 is 2.67 bits per heavy atom. The Morgan fingerprint density at radius 2 is 2.00 bits per heavy atom. The zero-order valence-corrected chi connectivity index (χ0v) is 15.9. The zero-order chi connectivity index (χ0) is 18.3. The fraction of sp³-hybridized carbons (Fsp3) is 0.545. The summed E-state index contributed by atoms with van der Waals surface area (Å²) in [6.45, 7) is 2.23. The molecule has 2 amide bonds. The van der Waals surface area contributed by atoms with E-state index in [1.54, 1.807) is 0 Å². The predicted molar refractivity (Wildman–Crippen MR) is 105 cm³/mol. The van der Waals surface area contributed by atoms with Crippen LogP contribution in [0.1, 0.15) is 49.9 Å². The van der Waals surface area contributed by atoms with Crippen LogP contribution in [0.2, 0.25) is 0 Å². The molecule has 0 radical (unpaired) electrons. The number of carbonyl (C=O) groups excluding carboxylic acids is 1. The van der Waals surface area contributed by atoms with E-state index in [2.05, 4.69) is 27.0 Å². The van der Waals surface area contributed by atoms with Crippen LogP contribution in [-0.4, -0.2) is 33.6 Å². The number of nitrogens with one attached hydrogen (secondary N) is 1. The van der Waals surface area contributed by atoms with E-state index in [0.29, 0.717) is 12.0 Å². The number of aromatic nitrogens is 2. The molecule has 2 heterocycles. The van der Waals surface area contributed by atoms with E-state index in [4.69, 9.17) is 0 Å². The Bertz CT molecular complexity index is 820. The second kappa shape index (κ2) is 6.70. The number of hydrogen-bond donors (Lipinski definition) is 1. The quantitative estimate of drug-likeness (QED) is 0.894. The van der Waals surface area contributed by atoms with Gasteiger partial charge in [0.05, 0.1) is 18.6 Å². The van der Waals surface area contributed by atoms with Crippen molar-refractivity contribution in [1.82, 2.24) is 19.8 Å². The van der Waals surface area contributed by atoms with Gasteiger partial charge in [-0.05, 0) is 49.1 Å². The van der Waals surface area contributed by atoms with Gasteiger partial charge in [0.2, 0.25) is 0 Å². The maximum absolute atomic E-state index is 12.8. The van der Waals surface area contributed by atoms with Gasteiger partial charge in [0.1, 0.15) is 0 Å². The summed E-state index contributed by atoms with van der Waals surface area (Å²) in [4.78, 5) is 19.3. The molecular formula is C22H28N4O. The van der Waals surface area contributed by atoms with Gasteiger partial charge in [-0.15, -0.1) is 0 Å². The molecular weight excluding hydrogens is 336 g/mol. The molecule has 1 aliphatic heterocycles. The molecule has 5 heteroatoms. The highest BCUT2D eigenvalue weighted by Gasteiger charge is 2.46. The number of hydrogen-bond acceptors (Lipinski definition) is 2. The number of fused-ring (bicyclic) bond motifs is 1. The van der Waals surface area contributed by atoms with Crippen molar-refractivity contribution < 1.29 is 4.79 Å². The Hall–Kier alpha value is -2.30. The number of carbonyl (C=O) groups is 1. The van der Waals surface area contributed by atoms with Crippen molar-refractivity contribution in [3.8, 4) is 5.69 Å². The number of urea groups is 1. The SMILES string of the molecule is O=C(NCC1(C2CCC2)CCC1)N1CCc2c(ncn2-c2ccccc2)C1. The maximum Gasteiger partial charge on any atom is 0.317 e. The third-order valence-corrected chi connectivity index (χ3v) is 7.15. The van der Waals surface area contributed by atoms with E-state index >= 15 is 0 Å². The van der Waals surface area contributed by atoms with Gasteiger partial charge in [-0.25, -0.2) is 9.78 Å². The lowest BCUT2D eigenvalue weighted by Gasteiger charge is -2.52. The van der Waals surface area contributed by atoms with Crippen molar-refractivity contribution in [3.63, 3.8) is 0 Å². The summed E-state index contributed by atoms with van der Waals surface area (Å²) < 4.78 is 2.16. The maximum atomic E-state index is 12.8. The van der Waals surface area contributed by atoms with Crippen LogP contribution in [0, 0.1) is 11.3 Å². The van der Waals surface area contributed by atoms with Gasteiger partial charge < -0.3 is 14.8 Å². The molecule has 0 spiro atoms. The van der Waals surface area contributed by atoms with Crippen LogP contribution in [0.3, 0.4) is 0 Å². The Balaban J connectivity index is 1.23. The van der Waals surface area contributed by atoms with Crippen LogP contribution in [0.25, 0.3) is 5.69 Å². The van der Waals surface area contributed by atoms with Crippen LogP contribution in [0.15, 0.2) is 36.7 Å². The van der Waals surface area contributed by atoms with Crippen molar-refractivity contribution in [3.05, 3.63) is 48.0 Å². The fourth-order valence-electron chi connectivity index (χ4n) is 5.04. The van der Waals surface area contributed by atoms with Crippen molar-refractivity contribution in [2.24, 2.45) is 11.3 Å². The molecule has 142 valence electrons. The van der Waals surface area contributed by atoms with Gasteiger partial charge in [-0.2, -0.15) is 0 Å². The molecule has 2 aromatic rings. The van der Waals surface area contributed by atoms with Crippen molar-refractivity contribution in [1.29, 1.82) is 0 Å². The third kappa shape index (κ3) is 2.93. The second-order valence-electron chi connectivity index (χ2n) is 8.52. The molecule has 0 unspecified atom stereocenters. The molecule has 2 saturated carbocycles. The minimum Gasteiger partial charge on any atom is -0.337 e. The normalized spacial score (nSPS) is 21.1. The second-order valence-corrected chi connectivity index (χ2v) is 8.52. The van der Waals surface area contributed by atoms with E-state index < -0.39 is 0 Å². The average molecular weight is 364 g/mol. The standard InChI is InChI=1S/C22H28N4O/c27-21(23-15-22(11-5-12-22)17-6-4-7-17)25-13-10-20-19(14-25)24-16-26(20)18-8-2-1-3-9-18/h1-3,8-9,16-17H,4-7,10-15H2,(H,23,27). The first-order valence-electron chi connectivity index (χ1n) is 10.4. The van der Waals surface area contributed by atoms with Crippen molar-refractivity contribution >= 4 is 6.03 Å². The minimum atomic E-state index is 0.0838. The molecule has 5 rings (SSSR count). The van der Waals surface area contributed by atoms with E-state index in [9.17, 15) is 4.79 Å². The number of nitrogens with zero attached hydrogens (tertiary/aromatic N) is 3. The summed E-state index contributed by atoms with van der Waals surface area (Å²) in [6, 6.07) is 10.4. The highest BCUT2D eigenvalue weighted by atomic mass is 16.2. The zero-order valence-electron chi connectivity index (χ0n) is 15.9. The Labute approximate surface area is 160 Å². The Kier molecular flexibility index (Phi) is 4.18. The highest BCUT2D eigenvalue weighted by Crippen LogP contribution is 2.53. The van der Waals surface area contributed by atoms with Gasteiger partial charge in [0.15, 0.2) is 0 Å². The molecule has 3 aliphatic rings. The lowest BCUT2D eigenvalue weighted by molar-refractivity contribution is 0.00426. The summed E-state index contributed by atoms with van der Waals surface area (Å²) in [5.74, 6) is 0.848. The van der Waals surface area contributed by atoms with E-state index in [0.717, 1.165) is 36.8 Å². The topological polar surface area (TPSA) is 50.2 Å². The first kappa shape index (κ1) is 16.8. The lowest BCUT2D eigenvalue weighted by Crippen LogP contribution is -2.52. The molecule has 0 bridgehead atoms. The van der Waals surface area contributed by atoms with Crippen LogP contribution < -0.4 is 5.32 Å². The van der Waals surface area contributed by atoms with Gasteiger partial charge in [0.25, 0.3) is 0 Å². The summed E-state index contributed by atoms with van der Waals surface area (Å²) in [5, 5.41) is 3.27. The smallest absolute Gasteiger partial charge is 0.317 e. The highest BCUT2D eigenvalue weighted by molar-refractivity contribution is 5.74. The predicted octanol–water partition coefficient (Wildman–Crippen LogP) is 3.91. The van der Waals surface area contributed by atoms with Gasteiger partial charge in [-0.1, -0.05) is 31.0 Å². The minimum absolute atomic E-state index is 0.0838. The largest absolute Gasteiger partial charge is 0.337 e. The molecule has 27 heavy (non-hydrogen) atoms. The van der Waals surface area contributed by atoms with Gasteiger partial charge >= 0.3 is 6.03 Å². The summed E-state index contributed by atoms with van der Waals surface area (Å²) in [5.41, 5.74) is 3.80.